The van der Waals surface area contributed by atoms with Gasteiger partial charge in [-0.05, 0) is 56.2 Å². The summed E-state index contributed by atoms with van der Waals surface area (Å²) < 4.78 is 40.3. The lowest BCUT2D eigenvalue weighted by Gasteiger charge is -2.39. The molecule has 2 aliphatic heterocycles. The highest BCUT2D eigenvalue weighted by Crippen LogP contribution is 2.39. The van der Waals surface area contributed by atoms with Gasteiger partial charge in [-0.1, -0.05) is 32.4 Å². The molecule has 1 fully saturated rings. The van der Waals surface area contributed by atoms with Crippen molar-refractivity contribution in [1.29, 1.82) is 0 Å². The lowest BCUT2D eigenvalue weighted by Crippen LogP contribution is -2.45. The topological polar surface area (TPSA) is 61.2 Å². The normalized spacial score (nSPS) is 25.8. The first kappa shape index (κ1) is 24.8. The van der Waals surface area contributed by atoms with Crippen LogP contribution in [0.1, 0.15) is 63.1 Å². The lowest BCUT2D eigenvalue weighted by atomic mass is 9.77. The smallest absolute Gasteiger partial charge is 0.314 e. The van der Waals surface area contributed by atoms with Crippen LogP contribution < -0.4 is 10.6 Å². The summed E-state index contributed by atoms with van der Waals surface area (Å²) in [5.41, 5.74) is 3.05. The van der Waals surface area contributed by atoms with E-state index < -0.39 is 12.1 Å². The van der Waals surface area contributed by atoms with Crippen molar-refractivity contribution >= 4 is 12.0 Å². The number of nitrogens with zero attached hydrogens (tertiary/aromatic N) is 1. The summed E-state index contributed by atoms with van der Waals surface area (Å²) >= 11 is 0. The molecule has 0 saturated carbocycles. The predicted molar refractivity (Wildman–Crippen MR) is 118 cm³/mol. The van der Waals surface area contributed by atoms with Gasteiger partial charge in [0.25, 0.3) is 5.69 Å². The van der Waals surface area contributed by atoms with E-state index in [2.05, 4.69) is 23.6 Å². The van der Waals surface area contributed by atoms with Gasteiger partial charge in [-0.3, -0.25) is 0 Å². The summed E-state index contributed by atoms with van der Waals surface area (Å²) in [7, 11) is 0. The van der Waals surface area contributed by atoms with Crippen LogP contribution in [-0.2, 0) is 11.2 Å². The average Bonchev–Trinajstić information content (AvgIpc) is 2.75. The van der Waals surface area contributed by atoms with E-state index >= 15 is 0 Å². The van der Waals surface area contributed by atoms with Crippen LogP contribution in [-0.4, -0.2) is 42.9 Å². The fraction of sp³-hybridized carbons (Fsp3) is 0.708. The van der Waals surface area contributed by atoms with Crippen LogP contribution in [0.15, 0.2) is 18.2 Å². The van der Waals surface area contributed by atoms with Gasteiger partial charge in [0, 0.05) is 39.8 Å². The minimum absolute atomic E-state index is 0.0331. The number of halogens is 3. The molecule has 2 aliphatic rings. The van der Waals surface area contributed by atoms with E-state index in [0.717, 1.165) is 48.2 Å². The highest BCUT2D eigenvalue weighted by Gasteiger charge is 2.41. The molecule has 0 aliphatic carbocycles. The fourth-order valence-electron chi connectivity index (χ4n) is 5.28. The summed E-state index contributed by atoms with van der Waals surface area (Å²) in [5, 5.41) is 6.96. The Kier molecular flexibility index (Phi) is 8.44. The maximum absolute atomic E-state index is 13.1. The molecule has 1 saturated heterocycles. The van der Waals surface area contributed by atoms with Crippen LogP contribution >= 0.6 is 0 Å². The van der Waals surface area contributed by atoms with Gasteiger partial charge >= 0.3 is 6.18 Å². The van der Waals surface area contributed by atoms with Crippen LogP contribution in [0.2, 0.25) is 0 Å². The number of fused-ring (bicyclic) bond motifs is 1. The van der Waals surface area contributed by atoms with Crippen LogP contribution in [0.25, 0.3) is 0 Å². The maximum atomic E-state index is 13.1. The second-order valence-electron chi connectivity index (χ2n) is 9.30. The van der Waals surface area contributed by atoms with Crippen molar-refractivity contribution in [3.63, 3.8) is 0 Å². The van der Waals surface area contributed by atoms with Gasteiger partial charge in [-0.2, -0.15) is 13.2 Å². The number of alkyl halides is 3. The molecule has 0 spiro atoms. The molecule has 0 amide bonds. The summed E-state index contributed by atoms with van der Waals surface area (Å²) in [6.45, 7) is 6.09. The first-order chi connectivity index (χ1) is 15.3. The molecular weight excluding hydrogens is 419 g/mol. The van der Waals surface area contributed by atoms with E-state index in [1.807, 2.05) is 19.1 Å². The number of carbonyl (C=O) groups excluding carboxylic acids is 1. The van der Waals surface area contributed by atoms with Crippen molar-refractivity contribution in [2.75, 3.05) is 19.6 Å². The Bertz CT molecular complexity index is 799. The zero-order valence-electron chi connectivity index (χ0n) is 19.0. The van der Waals surface area contributed by atoms with Gasteiger partial charge < -0.3 is 15.4 Å². The highest BCUT2D eigenvalue weighted by atomic mass is 19.4. The second kappa shape index (κ2) is 10.9. The molecular formula is C24H35F3N3O2+. The minimum Gasteiger partial charge on any atom is -0.314 e. The third-order valence-electron chi connectivity index (χ3n) is 7.16. The Labute approximate surface area is 188 Å². The SMILES string of the molecule is CCCC(CC(C=O)C(F)(F)F)NCC1CCNC(c2cccc3c2CCC[N+]3=O)C1C. The maximum Gasteiger partial charge on any atom is 0.398 e. The number of piperidine rings is 1. The number of hydrogen-bond acceptors (Lipinski definition) is 4. The van der Waals surface area contributed by atoms with E-state index in [4.69, 9.17) is 0 Å². The summed E-state index contributed by atoms with van der Waals surface area (Å²) in [4.78, 5) is 23.3. The zero-order valence-corrected chi connectivity index (χ0v) is 19.0. The van der Waals surface area contributed by atoms with Gasteiger partial charge in [0.1, 0.15) is 12.2 Å². The van der Waals surface area contributed by atoms with E-state index in [9.17, 15) is 22.9 Å². The van der Waals surface area contributed by atoms with Crippen molar-refractivity contribution < 1.29 is 22.7 Å². The molecule has 1 aromatic rings. The number of hydrogen-bond donors (Lipinski definition) is 2. The molecule has 0 aromatic heterocycles. The standard InChI is InChI=1S/C24H35F3N3O2/c1-3-6-19(13-18(15-31)24(25,26)27)29-14-17-10-11-28-23(16(17)2)21-7-4-9-22-20(21)8-5-12-30(22)32/h4,7,9,15-19,23,28-29H,3,5-6,8,10-14H2,1-2H3/q+1. The number of benzene rings is 1. The molecule has 32 heavy (non-hydrogen) atoms. The average molecular weight is 455 g/mol. The number of rotatable bonds is 9. The van der Waals surface area contributed by atoms with E-state index in [1.54, 1.807) is 0 Å². The first-order valence-corrected chi connectivity index (χ1v) is 11.8. The Morgan fingerprint density at radius 1 is 1.34 bits per heavy atom. The molecule has 0 radical (unpaired) electrons. The van der Waals surface area contributed by atoms with Crippen LogP contribution in [0.4, 0.5) is 18.9 Å². The molecule has 2 heterocycles. The van der Waals surface area contributed by atoms with Crippen LogP contribution in [0, 0.1) is 22.7 Å². The van der Waals surface area contributed by atoms with Crippen molar-refractivity contribution in [3.05, 3.63) is 34.2 Å². The quantitative estimate of drug-likeness (QED) is 0.413. The molecule has 178 valence electrons. The second-order valence-corrected chi connectivity index (χ2v) is 9.30. The third-order valence-corrected chi connectivity index (χ3v) is 7.16. The number of nitroso groups, excluding NO2 is 1. The Morgan fingerprint density at radius 2 is 2.12 bits per heavy atom. The molecule has 0 bridgehead atoms. The van der Waals surface area contributed by atoms with Crippen molar-refractivity contribution in [2.24, 2.45) is 17.8 Å². The fourth-order valence-corrected chi connectivity index (χ4v) is 5.28. The largest absolute Gasteiger partial charge is 0.398 e. The van der Waals surface area contributed by atoms with E-state index in [0.29, 0.717) is 25.4 Å². The van der Waals surface area contributed by atoms with E-state index in [1.165, 1.54) is 5.56 Å². The molecule has 5 unspecified atom stereocenters. The van der Waals surface area contributed by atoms with Crippen molar-refractivity contribution in [2.45, 2.75) is 70.6 Å². The summed E-state index contributed by atoms with van der Waals surface area (Å²) in [5.74, 6) is -1.36. The van der Waals surface area contributed by atoms with Crippen LogP contribution in [0.3, 0.4) is 0 Å². The number of carbonyl (C=O) groups is 1. The molecule has 1 aromatic carbocycles. The molecule has 5 nitrogen and oxygen atoms in total. The highest BCUT2D eigenvalue weighted by molar-refractivity contribution is 5.54. The lowest BCUT2D eigenvalue weighted by molar-refractivity contribution is -0.468. The monoisotopic (exact) mass is 454 g/mol. The van der Waals surface area contributed by atoms with Gasteiger partial charge in [0.2, 0.25) is 0 Å². The van der Waals surface area contributed by atoms with Gasteiger partial charge in [-0.25, -0.2) is 0 Å². The third kappa shape index (κ3) is 5.76. The number of nitrogens with one attached hydrogen (secondary N) is 2. The summed E-state index contributed by atoms with van der Waals surface area (Å²) in [6, 6.07) is 5.70. The number of aldehydes is 1. The predicted octanol–water partition coefficient (Wildman–Crippen LogP) is 4.86. The molecule has 3 rings (SSSR count). The molecule has 5 atom stereocenters. The Hall–Kier alpha value is -1.80. The van der Waals surface area contributed by atoms with Gasteiger partial charge in [0.05, 0.1) is 0 Å². The zero-order chi connectivity index (χ0) is 23.3. The van der Waals surface area contributed by atoms with E-state index in [-0.39, 0.29) is 30.7 Å². The minimum atomic E-state index is -4.50. The van der Waals surface area contributed by atoms with Crippen molar-refractivity contribution in [3.8, 4) is 0 Å². The van der Waals surface area contributed by atoms with Gasteiger partial charge in [0.15, 0.2) is 6.54 Å². The first-order valence-electron chi connectivity index (χ1n) is 11.8. The van der Waals surface area contributed by atoms with Crippen molar-refractivity contribution in [1.82, 2.24) is 10.6 Å². The molecule has 2 N–H and O–H groups in total. The molecule has 8 heteroatoms. The van der Waals surface area contributed by atoms with Gasteiger partial charge in [-0.15, -0.1) is 0 Å². The van der Waals surface area contributed by atoms with Crippen LogP contribution in [0.5, 0.6) is 0 Å². The Balaban J connectivity index is 1.69. The summed E-state index contributed by atoms with van der Waals surface area (Å²) in [6.07, 6.45) is -0.647. The Morgan fingerprint density at radius 3 is 2.81 bits per heavy atom.